The van der Waals surface area contributed by atoms with Crippen molar-refractivity contribution in [3.63, 3.8) is 0 Å². The first kappa shape index (κ1) is 30.9. The highest BCUT2D eigenvalue weighted by Crippen LogP contribution is 2.43. The number of ether oxygens (including phenoxy) is 1. The van der Waals surface area contributed by atoms with Crippen LogP contribution >= 0.6 is 0 Å². The minimum Gasteiger partial charge on any atom is -0.379 e. The molecule has 0 unspecified atom stereocenters. The number of fused-ring (bicyclic) bond motifs is 3. The van der Waals surface area contributed by atoms with Crippen LogP contribution in [-0.4, -0.2) is 101 Å². The SMILES string of the molecule is C[C@@H]1CN(CC(=O)N2CC(C)(C)c3c2cc(Cc2ccc(F)cc2)c2nc(C(F)(F)F)nn32)[C@@H](CN2CCOC[C@H]2C)CN1. The summed E-state index contributed by atoms with van der Waals surface area (Å²) < 4.78 is 62.0. The molecule has 44 heavy (non-hydrogen) atoms. The van der Waals surface area contributed by atoms with Crippen LogP contribution in [0.5, 0.6) is 0 Å². The molecule has 0 saturated carbocycles. The summed E-state index contributed by atoms with van der Waals surface area (Å²) in [5, 5.41) is 7.47. The molecular weight excluding hydrogens is 578 g/mol. The van der Waals surface area contributed by atoms with Gasteiger partial charge in [0, 0.05) is 68.2 Å². The molecule has 3 atom stereocenters. The summed E-state index contributed by atoms with van der Waals surface area (Å²) in [5.74, 6) is -1.76. The average molecular weight is 618 g/mol. The molecule has 0 spiro atoms. The summed E-state index contributed by atoms with van der Waals surface area (Å²) in [6.07, 6.45) is -4.54. The quantitative estimate of drug-likeness (QED) is 0.425. The molecule has 2 fully saturated rings. The van der Waals surface area contributed by atoms with Crippen molar-refractivity contribution in [2.45, 2.75) is 63.8 Å². The molecule has 1 aromatic carbocycles. The zero-order chi connectivity index (χ0) is 31.4. The molecule has 5 heterocycles. The highest BCUT2D eigenvalue weighted by Gasteiger charge is 2.44. The van der Waals surface area contributed by atoms with Crippen molar-refractivity contribution in [2.75, 3.05) is 57.4 Å². The van der Waals surface area contributed by atoms with Crippen molar-refractivity contribution in [1.82, 2.24) is 29.7 Å². The highest BCUT2D eigenvalue weighted by molar-refractivity contribution is 5.97. The van der Waals surface area contributed by atoms with Crippen molar-refractivity contribution in [1.29, 1.82) is 0 Å². The van der Waals surface area contributed by atoms with Gasteiger partial charge in [-0.1, -0.05) is 26.0 Å². The Morgan fingerprint density at radius 1 is 1.16 bits per heavy atom. The second kappa shape index (κ2) is 11.7. The molecule has 3 aliphatic rings. The van der Waals surface area contributed by atoms with E-state index in [0.29, 0.717) is 48.8 Å². The largest absolute Gasteiger partial charge is 0.453 e. The van der Waals surface area contributed by atoms with E-state index in [1.54, 1.807) is 23.1 Å². The molecule has 0 radical (unpaired) electrons. The van der Waals surface area contributed by atoms with Gasteiger partial charge in [0.1, 0.15) is 5.82 Å². The number of carbonyl (C=O) groups is 1. The van der Waals surface area contributed by atoms with Crippen LogP contribution in [0.3, 0.4) is 0 Å². The Kier molecular flexibility index (Phi) is 8.18. The monoisotopic (exact) mass is 617 g/mol. The van der Waals surface area contributed by atoms with E-state index >= 15 is 0 Å². The number of pyridine rings is 1. The van der Waals surface area contributed by atoms with Crippen LogP contribution < -0.4 is 10.2 Å². The van der Waals surface area contributed by atoms with Gasteiger partial charge in [-0.05, 0) is 37.6 Å². The Hall–Kier alpha value is -3.13. The van der Waals surface area contributed by atoms with E-state index in [-0.39, 0.29) is 42.6 Å². The molecule has 6 rings (SSSR count). The van der Waals surface area contributed by atoms with Crippen LogP contribution in [0, 0.1) is 5.82 Å². The summed E-state index contributed by atoms with van der Waals surface area (Å²) in [7, 11) is 0. The second-order valence-electron chi connectivity index (χ2n) is 13.1. The van der Waals surface area contributed by atoms with Crippen molar-refractivity contribution in [2.24, 2.45) is 0 Å². The molecular formula is C31H39F4N7O2. The molecule has 2 saturated heterocycles. The van der Waals surface area contributed by atoms with Crippen molar-refractivity contribution >= 4 is 17.2 Å². The number of piperazine rings is 1. The third kappa shape index (κ3) is 6.07. The number of anilines is 1. The predicted molar refractivity (Wildman–Crippen MR) is 157 cm³/mol. The van der Waals surface area contributed by atoms with Gasteiger partial charge in [0.2, 0.25) is 5.91 Å². The fourth-order valence-corrected chi connectivity index (χ4v) is 6.74. The molecule has 0 aliphatic carbocycles. The maximum Gasteiger partial charge on any atom is 0.453 e. The van der Waals surface area contributed by atoms with E-state index in [0.717, 1.165) is 19.6 Å². The maximum atomic E-state index is 14.1. The van der Waals surface area contributed by atoms with Gasteiger partial charge in [-0.25, -0.2) is 13.9 Å². The number of hydrogen-bond acceptors (Lipinski definition) is 7. The highest BCUT2D eigenvalue weighted by atomic mass is 19.4. The fraction of sp³-hybridized carbons (Fsp3) is 0.581. The Bertz CT molecular complexity index is 1520. The summed E-state index contributed by atoms with van der Waals surface area (Å²) in [6, 6.07) is 8.19. The number of aromatic nitrogens is 3. The lowest BCUT2D eigenvalue weighted by atomic mass is 9.90. The number of benzene rings is 1. The molecule has 3 aliphatic heterocycles. The van der Waals surface area contributed by atoms with E-state index < -0.39 is 23.2 Å². The van der Waals surface area contributed by atoms with Gasteiger partial charge in [0.15, 0.2) is 5.65 Å². The number of nitrogens with zero attached hydrogens (tertiary/aromatic N) is 6. The molecule has 0 bridgehead atoms. The zero-order valence-corrected chi connectivity index (χ0v) is 25.5. The van der Waals surface area contributed by atoms with Crippen LogP contribution in [0.1, 0.15) is 50.3 Å². The van der Waals surface area contributed by atoms with Crippen molar-refractivity contribution in [3.8, 4) is 0 Å². The molecule has 13 heteroatoms. The number of amides is 1. The molecule has 1 N–H and O–H groups in total. The first-order chi connectivity index (χ1) is 20.8. The van der Waals surface area contributed by atoms with Gasteiger partial charge in [-0.15, -0.1) is 5.10 Å². The van der Waals surface area contributed by atoms with Gasteiger partial charge in [-0.2, -0.15) is 13.2 Å². The van der Waals surface area contributed by atoms with Gasteiger partial charge in [0.25, 0.3) is 5.82 Å². The standard InChI is InChI=1S/C31H39F4N7O2/c1-19-14-40(24(13-36-19)15-39-9-10-44-17-20(39)2)16-26(43)41-18-30(3,4)27-25(41)12-22(11-21-5-7-23(32)8-6-21)28-37-29(31(33,34)35)38-42(27)28/h5-8,12,19-20,24,36H,9-11,13-18H2,1-4H3/t19-,20-,24-/m1/s1. The molecule has 2 aromatic heterocycles. The number of alkyl halides is 3. The minimum atomic E-state index is -4.74. The number of nitrogens with one attached hydrogen (secondary N) is 1. The molecule has 238 valence electrons. The summed E-state index contributed by atoms with van der Waals surface area (Å²) in [6.45, 7) is 13.0. The van der Waals surface area contributed by atoms with E-state index in [4.69, 9.17) is 4.74 Å². The van der Waals surface area contributed by atoms with Crippen molar-refractivity contribution in [3.05, 3.63) is 58.8 Å². The van der Waals surface area contributed by atoms with E-state index in [1.807, 2.05) is 13.8 Å². The van der Waals surface area contributed by atoms with Gasteiger partial charge in [0.05, 0.1) is 31.1 Å². The Labute approximate surface area is 254 Å². The fourth-order valence-electron chi connectivity index (χ4n) is 6.74. The molecule has 1 amide bonds. The third-order valence-corrected chi connectivity index (χ3v) is 9.02. The lowest BCUT2D eigenvalue weighted by molar-refractivity contribution is -0.144. The van der Waals surface area contributed by atoms with Crippen LogP contribution in [0.25, 0.3) is 5.65 Å². The van der Waals surface area contributed by atoms with Gasteiger partial charge >= 0.3 is 6.18 Å². The minimum absolute atomic E-state index is 0.0819. The normalized spacial score (nSPS) is 24.6. The average Bonchev–Trinajstić information content (AvgIpc) is 3.52. The topological polar surface area (TPSA) is 78.2 Å². The number of halogens is 4. The summed E-state index contributed by atoms with van der Waals surface area (Å²) in [5.41, 5.74) is 1.62. The number of hydrogen-bond donors (Lipinski definition) is 1. The number of rotatable bonds is 6. The van der Waals surface area contributed by atoms with Gasteiger partial charge < -0.3 is 15.0 Å². The Morgan fingerprint density at radius 3 is 2.61 bits per heavy atom. The lowest BCUT2D eigenvalue weighted by Crippen LogP contribution is -2.62. The second-order valence-corrected chi connectivity index (χ2v) is 13.1. The zero-order valence-electron chi connectivity index (χ0n) is 25.5. The first-order valence-electron chi connectivity index (χ1n) is 15.1. The van der Waals surface area contributed by atoms with Crippen LogP contribution in [0.2, 0.25) is 0 Å². The lowest BCUT2D eigenvalue weighted by Gasteiger charge is -2.43. The molecule has 3 aromatic rings. The number of morpholine rings is 1. The smallest absolute Gasteiger partial charge is 0.379 e. The van der Waals surface area contributed by atoms with E-state index in [1.165, 1.54) is 16.6 Å². The third-order valence-electron chi connectivity index (χ3n) is 9.02. The summed E-state index contributed by atoms with van der Waals surface area (Å²) >= 11 is 0. The van der Waals surface area contributed by atoms with Gasteiger partial charge in [-0.3, -0.25) is 14.6 Å². The van der Waals surface area contributed by atoms with E-state index in [9.17, 15) is 22.4 Å². The number of carbonyl (C=O) groups excluding carboxylic acids is 1. The first-order valence-corrected chi connectivity index (χ1v) is 15.1. The van der Waals surface area contributed by atoms with Crippen LogP contribution in [0.4, 0.5) is 23.2 Å². The Balaban J connectivity index is 1.34. The van der Waals surface area contributed by atoms with E-state index in [2.05, 4.69) is 39.0 Å². The van der Waals surface area contributed by atoms with Crippen LogP contribution in [0.15, 0.2) is 30.3 Å². The van der Waals surface area contributed by atoms with Crippen molar-refractivity contribution < 1.29 is 27.1 Å². The Morgan fingerprint density at radius 2 is 1.91 bits per heavy atom. The van der Waals surface area contributed by atoms with Crippen LogP contribution in [-0.2, 0) is 27.5 Å². The predicted octanol–water partition coefficient (Wildman–Crippen LogP) is 3.49. The molecule has 9 nitrogen and oxygen atoms in total. The summed E-state index contributed by atoms with van der Waals surface area (Å²) in [4.78, 5) is 24.4. The maximum absolute atomic E-state index is 14.1.